The highest BCUT2D eigenvalue weighted by Gasteiger charge is 2.27. The van der Waals surface area contributed by atoms with Crippen LogP contribution in [-0.4, -0.2) is 26.8 Å². The monoisotopic (exact) mass is 332 g/mol. The number of nitrogens with one attached hydrogen (secondary N) is 2. The lowest BCUT2D eigenvalue weighted by molar-refractivity contribution is 0.499. The Morgan fingerprint density at radius 1 is 1.44 bits per heavy atom. The van der Waals surface area contributed by atoms with Crippen LogP contribution in [-0.2, 0) is 10.0 Å². The van der Waals surface area contributed by atoms with Crippen LogP contribution in [0.15, 0.2) is 22.7 Å². The van der Waals surface area contributed by atoms with E-state index in [1.807, 2.05) is 19.1 Å². The highest BCUT2D eigenvalue weighted by molar-refractivity contribution is 9.10. The lowest BCUT2D eigenvalue weighted by atomic mass is 10.2. The van der Waals surface area contributed by atoms with Gasteiger partial charge in [-0.15, -0.1) is 0 Å². The lowest BCUT2D eigenvalue weighted by Crippen LogP contribution is -2.41. The molecule has 1 fully saturated rings. The molecule has 4 nitrogen and oxygen atoms in total. The van der Waals surface area contributed by atoms with Gasteiger partial charge in [-0.05, 0) is 50.1 Å². The Balaban J connectivity index is 2.16. The number of hydrogen-bond acceptors (Lipinski definition) is 3. The SMILES string of the molecule is Cc1cc(Br)ccc1NS(=O)(=O)C1CCCNC1. The van der Waals surface area contributed by atoms with Crippen LogP contribution in [0.25, 0.3) is 0 Å². The van der Waals surface area contributed by atoms with E-state index >= 15 is 0 Å². The third-order valence-electron chi connectivity index (χ3n) is 3.13. The largest absolute Gasteiger partial charge is 0.315 e. The molecule has 0 spiro atoms. The Kier molecular flexibility index (Phi) is 4.29. The molecule has 1 aromatic carbocycles. The molecule has 0 aromatic heterocycles. The average Bonchev–Trinajstić information content (AvgIpc) is 2.34. The van der Waals surface area contributed by atoms with Gasteiger partial charge < -0.3 is 5.32 Å². The van der Waals surface area contributed by atoms with Crippen molar-refractivity contribution in [2.75, 3.05) is 17.8 Å². The molecule has 1 aliphatic rings. The van der Waals surface area contributed by atoms with Crippen LogP contribution in [0, 0.1) is 6.92 Å². The first-order valence-electron chi connectivity index (χ1n) is 5.97. The number of halogens is 1. The standard InChI is InChI=1S/C12H17BrN2O2S/c1-9-7-10(13)4-5-12(9)15-18(16,17)11-3-2-6-14-8-11/h4-5,7,11,14-15H,2-3,6,8H2,1H3. The summed E-state index contributed by atoms with van der Waals surface area (Å²) in [5.41, 5.74) is 1.57. The van der Waals surface area contributed by atoms with E-state index in [1.165, 1.54) is 0 Å². The minimum absolute atomic E-state index is 0.339. The van der Waals surface area contributed by atoms with Crippen molar-refractivity contribution in [3.05, 3.63) is 28.2 Å². The zero-order chi connectivity index (χ0) is 13.2. The van der Waals surface area contributed by atoms with Crippen molar-refractivity contribution in [3.8, 4) is 0 Å². The Labute approximate surface area is 116 Å². The van der Waals surface area contributed by atoms with Gasteiger partial charge in [-0.1, -0.05) is 15.9 Å². The molecule has 6 heteroatoms. The first-order chi connectivity index (χ1) is 8.49. The molecule has 18 heavy (non-hydrogen) atoms. The topological polar surface area (TPSA) is 58.2 Å². The Bertz CT molecular complexity index is 525. The normalized spacial score (nSPS) is 20.7. The summed E-state index contributed by atoms with van der Waals surface area (Å²) in [5, 5.41) is 2.79. The summed E-state index contributed by atoms with van der Waals surface area (Å²) in [6, 6.07) is 5.52. The van der Waals surface area contributed by atoms with Crippen molar-refractivity contribution in [2.45, 2.75) is 25.0 Å². The maximum atomic E-state index is 12.2. The van der Waals surface area contributed by atoms with E-state index < -0.39 is 10.0 Å². The van der Waals surface area contributed by atoms with E-state index in [2.05, 4.69) is 26.0 Å². The molecular formula is C12H17BrN2O2S. The molecule has 1 atom stereocenters. The summed E-state index contributed by atoms with van der Waals surface area (Å²) in [6.45, 7) is 3.33. The molecule has 1 saturated heterocycles. The van der Waals surface area contributed by atoms with Crippen molar-refractivity contribution in [1.82, 2.24) is 5.32 Å². The van der Waals surface area contributed by atoms with Crippen LogP contribution in [0.2, 0.25) is 0 Å². The van der Waals surface area contributed by atoms with Crippen LogP contribution in [0.5, 0.6) is 0 Å². The predicted molar refractivity (Wildman–Crippen MR) is 77.3 cm³/mol. The summed E-state index contributed by atoms with van der Waals surface area (Å²) in [7, 11) is -3.30. The highest BCUT2D eigenvalue weighted by Crippen LogP contribution is 2.23. The van der Waals surface area contributed by atoms with Crippen LogP contribution in [0.4, 0.5) is 5.69 Å². The minimum Gasteiger partial charge on any atom is -0.315 e. The van der Waals surface area contributed by atoms with Crippen molar-refractivity contribution < 1.29 is 8.42 Å². The van der Waals surface area contributed by atoms with E-state index in [1.54, 1.807) is 6.07 Å². The molecule has 1 aliphatic heterocycles. The third kappa shape index (κ3) is 3.24. The molecule has 0 radical (unpaired) electrons. The molecule has 1 aromatic rings. The fourth-order valence-electron chi connectivity index (χ4n) is 2.06. The Morgan fingerprint density at radius 2 is 2.22 bits per heavy atom. The summed E-state index contributed by atoms with van der Waals surface area (Å²) in [6.07, 6.45) is 1.63. The molecule has 1 heterocycles. The maximum Gasteiger partial charge on any atom is 0.236 e. The number of aryl methyl sites for hydroxylation is 1. The quantitative estimate of drug-likeness (QED) is 0.892. The second-order valence-corrected chi connectivity index (χ2v) is 7.45. The zero-order valence-corrected chi connectivity index (χ0v) is 12.6. The molecule has 0 aliphatic carbocycles. The van der Waals surface area contributed by atoms with Crippen LogP contribution >= 0.6 is 15.9 Å². The predicted octanol–water partition coefficient (Wildman–Crippen LogP) is 2.25. The average molecular weight is 333 g/mol. The van der Waals surface area contributed by atoms with Crippen molar-refractivity contribution >= 4 is 31.6 Å². The smallest absolute Gasteiger partial charge is 0.236 e. The van der Waals surface area contributed by atoms with Gasteiger partial charge in [0.2, 0.25) is 10.0 Å². The minimum atomic E-state index is -3.30. The number of rotatable bonds is 3. The molecule has 2 rings (SSSR count). The second kappa shape index (κ2) is 5.59. The second-order valence-electron chi connectivity index (χ2n) is 4.57. The highest BCUT2D eigenvalue weighted by atomic mass is 79.9. The summed E-state index contributed by atoms with van der Waals surface area (Å²) >= 11 is 3.37. The van der Waals surface area contributed by atoms with Crippen LogP contribution < -0.4 is 10.0 Å². The summed E-state index contributed by atoms with van der Waals surface area (Å²) in [5.74, 6) is 0. The fourth-order valence-corrected chi connectivity index (χ4v) is 4.05. The number of piperidine rings is 1. The third-order valence-corrected chi connectivity index (χ3v) is 5.41. The lowest BCUT2D eigenvalue weighted by Gasteiger charge is -2.23. The van der Waals surface area contributed by atoms with E-state index in [9.17, 15) is 8.42 Å². The Hall–Kier alpha value is -0.590. The first kappa shape index (κ1) is 13.8. The van der Waals surface area contributed by atoms with E-state index in [0.29, 0.717) is 12.2 Å². The Morgan fingerprint density at radius 3 is 2.83 bits per heavy atom. The van der Waals surface area contributed by atoms with E-state index in [-0.39, 0.29) is 5.25 Å². The fraction of sp³-hybridized carbons (Fsp3) is 0.500. The van der Waals surface area contributed by atoms with Crippen LogP contribution in [0.3, 0.4) is 0 Å². The zero-order valence-electron chi connectivity index (χ0n) is 10.2. The van der Waals surface area contributed by atoms with E-state index in [4.69, 9.17) is 0 Å². The number of benzene rings is 1. The molecule has 0 saturated carbocycles. The van der Waals surface area contributed by atoms with Crippen molar-refractivity contribution in [1.29, 1.82) is 0 Å². The van der Waals surface area contributed by atoms with Gasteiger partial charge in [0, 0.05) is 11.0 Å². The summed E-state index contributed by atoms with van der Waals surface area (Å²) < 4.78 is 28.1. The van der Waals surface area contributed by atoms with Gasteiger partial charge in [0.15, 0.2) is 0 Å². The van der Waals surface area contributed by atoms with Gasteiger partial charge in [0.1, 0.15) is 0 Å². The van der Waals surface area contributed by atoms with Gasteiger partial charge in [0.05, 0.1) is 10.9 Å². The van der Waals surface area contributed by atoms with Gasteiger partial charge in [-0.2, -0.15) is 0 Å². The molecule has 0 amide bonds. The number of sulfonamides is 1. The van der Waals surface area contributed by atoms with Gasteiger partial charge >= 0.3 is 0 Å². The number of anilines is 1. The summed E-state index contributed by atoms with van der Waals surface area (Å²) in [4.78, 5) is 0. The molecular weight excluding hydrogens is 316 g/mol. The maximum absolute atomic E-state index is 12.2. The molecule has 0 bridgehead atoms. The van der Waals surface area contributed by atoms with Gasteiger partial charge in [0.25, 0.3) is 0 Å². The number of hydrogen-bond donors (Lipinski definition) is 2. The molecule has 100 valence electrons. The molecule has 2 N–H and O–H groups in total. The van der Waals surface area contributed by atoms with Crippen molar-refractivity contribution in [3.63, 3.8) is 0 Å². The van der Waals surface area contributed by atoms with Gasteiger partial charge in [-0.3, -0.25) is 4.72 Å². The van der Waals surface area contributed by atoms with E-state index in [0.717, 1.165) is 29.4 Å². The molecule has 1 unspecified atom stereocenters. The van der Waals surface area contributed by atoms with Crippen molar-refractivity contribution in [2.24, 2.45) is 0 Å². The first-order valence-corrected chi connectivity index (χ1v) is 8.31. The van der Waals surface area contributed by atoms with Gasteiger partial charge in [-0.25, -0.2) is 8.42 Å². The van der Waals surface area contributed by atoms with Crippen LogP contribution in [0.1, 0.15) is 18.4 Å².